The predicted molar refractivity (Wildman–Crippen MR) is 124 cm³/mol. The standard InChI is InChI=1S/C11H26N4.C7H18N4.CH6N2/c1-11-6-12(2)8-14(4)10-15(5)9-13(3)7-11;1-7-2-8-4-10-6-11-5-9-3-7;2-1-3/h11H,6-10H2,1-5H3;7-11H,2-6H2,1H3;1-3H2. The van der Waals surface area contributed by atoms with Gasteiger partial charge in [-0.1, -0.05) is 13.8 Å². The molecular weight excluding hydrogens is 368 g/mol. The van der Waals surface area contributed by atoms with Crippen LogP contribution in [-0.4, -0.2) is 121 Å². The van der Waals surface area contributed by atoms with Gasteiger partial charge in [0.25, 0.3) is 0 Å². The summed E-state index contributed by atoms with van der Waals surface area (Å²) in [6, 6.07) is 0. The molecule has 8 N–H and O–H groups in total. The first kappa shape index (κ1) is 28.6. The van der Waals surface area contributed by atoms with Crippen molar-refractivity contribution in [2.45, 2.75) is 13.8 Å². The second-order valence-electron chi connectivity index (χ2n) is 8.60. The van der Waals surface area contributed by atoms with Crippen LogP contribution in [0.1, 0.15) is 13.8 Å². The molecule has 0 atom stereocenters. The topological polar surface area (TPSA) is 113 Å². The van der Waals surface area contributed by atoms with E-state index in [2.05, 4.69) is 94.4 Å². The maximum Gasteiger partial charge on any atom is 0.0523 e. The summed E-state index contributed by atoms with van der Waals surface area (Å²) in [4.78, 5) is 9.51. The normalized spacial score (nSPS) is 24.0. The Bertz CT molecular complexity index is 293. The van der Waals surface area contributed by atoms with Crippen LogP contribution in [0.3, 0.4) is 0 Å². The Balaban J connectivity index is 0.000000493. The van der Waals surface area contributed by atoms with E-state index in [9.17, 15) is 0 Å². The predicted octanol–water partition coefficient (Wildman–Crippen LogP) is -2.04. The highest BCUT2D eigenvalue weighted by atomic mass is 15.4. The SMILES string of the molecule is CC1CN(C)CN(C)CN(C)CN(C)C1.CC1CNCNCNCNC1.NCN. The van der Waals surface area contributed by atoms with Gasteiger partial charge in [-0.05, 0) is 40.0 Å². The summed E-state index contributed by atoms with van der Waals surface area (Å²) >= 11 is 0. The van der Waals surface area contributed by atoms with E-state index in [-0.39, 0.29) is 6.67 Å². The van der Waals surface area contributed by atoms with Crippen molar-refractivity contribution < 1.29 is 0 Å². The van der Waals surface area contributed by atoms with Crippen LogP contribution < -0.4 is 32.7 Å². The number of hydrogen-bond donors (Lipinski definition) is 6. The van der Waals surface area contributed by atoms with E-state index in [1.807, 2.05) is 0 Å². The summed E-state index contributed by atoms with van der Waals surface area (Å²) in [5.74, 6) is 1.44. The summed E-state index contributed by atoms with van der Waals surface area (Å²) in [5, 5.41) is 13.1. The molecule has 2 aliphatic heterocycles. The third-order valence-electron chi connectivity index (χ3n) is 4.43. The van der Waals surface area contributed by atoms with Crippen molar-refractivity contribution in [3.63, 3.8) is 0 Å². The molecular formula is C19H50N10. The first-order valence-corrected chi connectivity index (χ1v) is 10.8. The molecule has 0 aromatic heterocycles. The molecule has 176 valence electrons. The monoisotopic (exact) mass is 418 g/mol. The van der Waals surface area contributed by atoms with Crippen molar-refractivity contribution in [1.82, 2.24) is 40.9 Å². The molecule has 0 amide bonds. The second-order valence-corrected chi connectivity index (χ2v) is 8.60. The summed E-state index contributed by atoms with van der Waals surface area (Å²) in [7, 11) is 8.77. The lowest BCUT2D eigenvalue weighted by atomic mass is 10.1. The fraction of sp³-hybridized carbons (Fsp3) is 1.00. The molecule has 0 aromatic carbocycles. The third-order valence-corrected chi connectivity index (χ3v) is 4.43. The number of nitrogens with two attached hydrogens (primary N) is 2. The van der Waals surface area contributed by atoms with Crippen LogP contribution in [0.15, 0.2) is 0 Å². The molecule has 0 bridgehead atoms. The Morgan fingerprint density at radius 2 is 0.966 bits per heavy atom. The van der Waals surface area contributed by atoms with E-state index in [4.69, 9.17) is 0 Å². The number of rotatable bonds is 0. The average Bonchev–Trinajstić information content (AvgIpc) is 2.60. The lowest BCUT2D eigenvalue weighted by Gasteiger charge is -2.35. The van der Waals surface area contributed by atoms with Crippen LogP contribution in [0.5, 0.6) is 0 Å². The lowest BCUT2D eigenvalue weighted by Crippen LogP contribution is -2.47. The molecule has 0 aromatic rings. The van der Waals surface area contributed by atoms with Crippen molar-refractivity contribution in [2.75, 3.05) is 101 Å². The van der Waals surface area contributed by atoms with Gasteiger partial charge >= 0.3 is 0 Å². The fourth-order valence-corrected chi connectivity index (χ4v) is 3.66. The lowest BCUT2D eigenvalue weighted by molar-refractivity contribution is 0.0546. The van der Waals surface area contributed by atoms with Gasteiger partial charge < -0.3 is 22.1 Å². The van der Waals surface area contributed by atoms with Gasteiger partial charge in [-0.3, -0.25) is 30.2 Å². The largest absolute Gasteiger partial charge is 0.319 e. The molecule has 0 radical (unpaired) electrons. The summed E-state index contributed by atoms with van der Waals surface area (Å²) < 4.78 is 0. The van der Waals surface area contributed by atoms with Crippen LogP contribution in [0.4, 0.5) is 0 Å². The minimum Gasteiger partial charge on any atom is -0.319 e. The van der Waals surface area contributed by atoms with Gasteiger partial charge in [-0.2, -0.15) is 0 Å². The van der Waals surface area contributed by atoms with Crippen molar-refractivity contribution in [3.05, 3.63) is 0 Å². The van der Waals surface area contributed by atoms with Gasteiger partial charge in [0.15, 0.2) is 0 Å². The third kappa shape index (κ3) is 18.1. The van der Waals surface area contributed by atoms with Crippen molar-refractivity contribution in [2.24, 2.45) is 23.3 Å². The molecule has 29 heavy (non-hydrogen) atoms. The van der Waals surface area contributed by atoms with Gasteiger partial charge in [0.2, 0.25) is 0 Å². The molecule has 10 nitrogen and oxygen atoms in total. The van der Waals surface area contributed by atoms with Crippen LogP contribution in [0, 0.1) is 11.8 Å². The number of nitrogens with zero attached hydrogens (tertiary/aromatic N) is 4. The van der Waals surface area contributed by atoms with Gasteiger partial charge in [0.1, 0.15) is 0 Å². The van der Waals surface area contributed by atoms with E-state index in [0.29, 0.717) is 5.92 Å². The van der Waals surface area contributed by atoms with Crippen LogP contribution in [0.2, 0.25) is 0 Å². The second kappa shape index (κ2) is 18.4. The Hall–Kier alpha value is -0.400. The van der Waals surface area contributed by atoms with Gasteiger partial charge in [-0.15, -0.1) is 0 Å². The van der Waals surface area contributed by atoms with Gasteiger partial charge in [0, 0.05) is 52.9 Å². The zero-order chi connectivity index (χ0) is 22.1. The highest BCUT2D eigenvalue weighted by Gasteiger charge is 2.15. The highest BCUT2D eigenvalue weighted by molar-refractivity contribution is 4.66. The molecule has 10 heteroatoms. The van der Waals surface area contributed by atoms with E-state index in [1.54, 1.807) is 0 Å². The van der Waals surface area contributed by atoms with Gasteiger partial charge in [-0.25, -0.2) is 0 Å². The minimum atomic E-state index is 0.250. The molecule has 0 spiro atoms. The minimum absolute atomic E-state index is 0.250. The zero-order valence-corrected chi connectivity index (χ0v) is 19.9. The molecule has 2 heterocycles. The van der Waals surface area contributed by atoms with E-state index < -0.39 is 0 Å². The van der Waals surface area contributed by atoms with Crippen LogP contribution >= 0.6 is 0 Å². The first-order valence-electron chi connectivity index (χ1n) is 10.8. The Labute approximate surface area is 179 Å². The van der Waals surface area contributed by atoms with Gasteiger partial charge in [0.05, 0.1) is 20.0 Å². The van der Waals surface area contributed by atoms with E-state index in [0.717, 1.165) is 59.0 Å². The van der Waals surface area contributed by atoms with Crippen molar-refractivity contribution >= 4 is 0 Å². The maximum absolute atomic E-state index is 4.62. The van der Waals surface area contributed by atoms with E-state index >= 15 is 0 Å². The number of nitrogens with one attached hydrogen (secondary N) is 4. The molecule has 0 aliphatic carbocycles. The maximum atomic E-state index is 4.62. The molecule has 2 fully saturated rings. The Morgan fingerprint density at radius 3 is 1.38 bits per heavy atom. The Kier molecular flexibility index (Phi) is 18.1. The van der Waals surface area contributed by atoms with Crippen molar-refractivity contribution in [3.8, 4) is 0 Å². The smallest absolute Gasteiger partial charge is 0.0523 e. The Morgan fingerprint density at radius 1 is 0.621 bits per heavy atom. The highest BCUT2D eigenvalue weighted by Crippen LogP contribution is 2.04. The first-order chi connectivity index (χ1) is 13.8. The van der Waals surface area contributed by atoms with Crippen LogP contribution in [0.25, 0.3) is 0 Å². The quantitative estimate of drug-likeness (QED) is 0.246. The van der Waals surface area contributed by atoms with Crippen LogP contribution in [-0.2, 0) is 0 Å². The zero-order valence-electron chi connectivity index (χ0n) is 19.9. The molecule has 0 unspecified atom stereocenters. The summed E-state index contributed by atoms with van der Waals surface area (Å²) in [6.07, 6.45) is 0. The van der Waals surface area contributed by atoms with Crippen molar-refractivity contribution in [1.29, 1.82) is 0 Å². The molecule has 2 saturated heterocycles. The molecule has 2 aliphatic rings. The summed E-state index contributed by atoms with van der Waals surface area (Å²) in [5.41, 5.74) is 9.25. The summed E-state index contributed by atoms with van der Waals surface area (Å²) in [6.45, 7) is 15.1. The number of hydrogen-bond acceptors (Lipinski definition) is 10. The molecule has 2 rings (SSSR count). The average molecular weight is 419 g/mol. The molecule has 0 saturated carbocycles. The fourth-order valence-electron chi connectivity index (χ4n) is 3.66. The van der Waals surface area contributed by atoms with E-state index in [1.165, 1.54) is 13.1 Å².